The van der Waals surface area contributed by atoms with Crippen LogP contribution in [0, 0.1) is 0 Å². The molecule has 0 aliphatic heterocycles. The van der Waals surface area contributed by atoms with Gasteiger partial charge in [-0.3, -0.25) is 4.55 Å². The summed E-state index contributed by atoms with van der Waals surface area (Å²) in [5.74, 6) is -0.199. The van der Waals surface area contributed by atoms with Crippen LogP contribution in [0.3, 0.4) is 0 Å². The lowest BCUT2D eigenvalue weighted by Gasteiger charge is -1.99. The van der Waals surface area contributed by atoms with Gasteiger partial charge in [0.1, 0.15) is 0 Å². The lowest BCUT2D eigenvalue weighted by atomic mass is 10.7. The quantitative estimate of drug-likeness (QED) is 0.464. The SMILES string of the molecule is O=S(=O)(O)O/C(Cl)=C(\Cl)CCl. The zero-order valence-electron chi connectivity index (χ0n) is 4.92. The monoisotopic (exact) mass is 240 g/mol. The average Bonchev–Trinajstić information content (AvgIpc) is 1.82. The Morgan fingerprint density at radius 2 is 1.91 bits per heavy atom. The van der Waals surface area contributed by atoms with E-state index in [9.17, 15) is 8.42 Å². The third-order valence-corrected chi connectivity index (χ3v) is 2.09. The van der Waals surface area contributed by atoms with Crippen molar-refractivity contribution in [2.75, 3.05) is 5.88 Å². The van der Waals surface area contributed by atoms with Crippen molar-refractivity contribution in [3.8, 4) is 0 Å². The predicted octanol–water partition coefficient (Wildman–Crippen LogP) is 1.69. The Morgan fingerprint density at radius 1 is 1.45 bits per heavy atom. The summed E-state index contributed by atoms with van der Waals surface area (Å²) < 4.78 is 31.8. The Morgan fingerprint density at radius 3 is 2.18 bits per heavy atom. The number of hydrogen-bond donors (Lipinski definition) is 1. The number of allylic oxidation sites excluding steroid dienone is 1. The molecule has 1 N–H and O–H groups in total. The molecule has 0 saturated carbocycles. The van der Waals surface area contributed by atoms with E-state index in [4.69, 9.17) is 39.4 Å². The van der Waals surface area contributed by atoms with E-state index in [1.54, 1.807) is 0 Å². The Kier molecular flexibility index (Phi) is 4.50. The van der Waals surface area contributed by atoms with Gasteiger partial charge in [-0.1, -0.05) is 11.6 Å². The minimum Gasteiger partial charge on any atom is -0.348 e. The Balaban J connectivity index is 4.42. The molecule has 66 valence electrons. The van der Waals surface area contributed by atoms with Gasteiger partial charge in [0.25, 0.3) is 0 Å². The summed E-state index contributed by atoms with van der Waals surface area (Å²) in [5.41, 5.74) is 0. The molecule has 4 nitrogen and oxygen atoms in total. The second-order valence-electron chi connectivity index (χ2n) is 1.32. The highest BCUT2D eigenvalue weighted by Gasteiger charge is 2.10. The first-order valence-electron chi connectivity index (χ1n) is 2.14. The van der Waals surface area contributed by atoms with Crippen molar-refractivity contribution in [2.24, 2.45) is 0 Å². The van der Waals surface area contributed by atoms with Crippen LogP contribution in [0.1, 0.15) is 0 Å². The van der Waals surface area contributed by atoms with Crippen LogP contribution in [0.25, 0.3) is 0 Å². The summed E-state index contributed by atoms with van der Waals surface area (Å²) in [6, 6.07) is 0. The first-order chi connectivity index (χ1) is 4.87. The van der Waals surface area contributed by atoms with Gasteiger partial charge in [0.2, 0.25) is 5.22 Å². The number of alkyl halides is 1. The molecule has 0 atom stereocenters. The molecular weight excluding hydrogens is 238 g/mol. The molecule has 0 aliphatic rings. The normalized spacial score (nSPS) is 14.2. The molecule has 0 aromatic heterocycles. The van der Waals surface area contributed by atoms with Gasteiger partial charge >= 0.3 is 10.4 Å². The topological polar surface area (TPSA) is 63.6 Å². The molecule has 0 rings (SSSR count). The maximum absolute atomic E-state index is 9.98. The molecule has 0 amide bonds. The highest BCUT2D eigenvalue weighted by Crippen LogP contribution is 2.17. The van der Waals surface area contributed by atoms with E-state index in [1.165, 1.54) is 0 Å². The van der Waals surface area contributed by atoms with E-state index in [0.717, 1.165) is 0 Å². The number of halogens is 3. The third kappa shape index (κ3) is 5.57. The number of hydrogen-bond acceptors (Lipinski definition) is 3. The summed E-state index contributed by atoms with van der Waals surface area (Å²) >= 11 is 15.5. The van der Waals surface area contributed by atoms with Crippen molar-refractivity contribution in [2.45, 2.75) is 0 Å². The van der Waals surface area contributed by atoms with E-state index >= 15 is 0 Å². The smallest absolute Gasteiger partial charge is 0.348 e. The zero-order chi connectivity index (χ0) is 9.07. The maximum Gasteiger partial charge on any atom is 0.447 e. The fourth-order valence-electron chi connectivity index (χ4n) is 0.190. The van der Waals surface area contributed by atoms with Gasteiger partial charge in [0.15, 0.2) is 0 Å². The van der Waals surface area contributed by atoms with Crippen molar-refractivity contribution in [3.63, 3.8) is 0 Å². The van der Waals surface area contributed by atoms with Crippen molar-refractivity contribution in [1.29, 1.82) is 0 Å². The fourth-order valence-corrected chi connectivity index (χ4v) is 1.06. The second-order valence-corrected chi connectivity index (χ2v) is 3.41. The van der Waals surface area contributed by atoms with Crippen LogP contribution in [-0.4, -0.2) is 18.9 Å². The summed E-state index contributed by atoms with van der Waals surface area (Å²) in [7, 11) is -4.61. The molecule has 0 aromatic carbocycles. The third-order valence-electron chi connectivity index (χ3n) is 0.509. The van der Waals surface area contributed by atoms with Gasteiger partial charge in [-0.25, -0.2) is 0 Å². The van der Waals surface area contributed by atoms with Crippen LogP contribution in [-0.2, 0) is 14.6 Å². The molecule has 0 unspecified atom stereocenters. The Bertz CT molecular complexity index is 256. The van der Waals surface area contributed by atoms with Crippen molar-refractivity contribution >= 4 is 45.2 Å². The highest BCUT2D eigenvalue weighted by molar-refractivity contribution is 7.81. The van der Waals surface area contributed by atoms with Gasteiger partial charge in [-0.2, -0.15) is 8.42 Å². The molecule has 0 fully saturated rings. The molecule has 0 aromatic rings. The average molecular weight is 241 g/mol. The largest absolute Gasteiger partial charge is 0.447 e. The first-order valence-corrected chi connectivity index (χ1v) is 4.79. The zero-order valence-corrected chi connectivity index (χ0v) is 8.01. The van der Waals surface area contributed by atoms with E-state index in [1.807, 2.05) is 0 Å². The molecule has 0 bridgehead atoms. The highest BCUT2D eigenvalue weighted by atomic mass is 35.5. The van der Waals surface area contributed by atoms with Crippen LogP contribution in [0.2, 0.25) is 0 Å². The van der Waals surface area contributed by atoms with Crippen molar-refractivity contribution < 1.29 is 17.2 Å². The van der Waals surface area contributed by atoms with Gasteiger partial charge < -0.3 is 4.18 Å². The molecule has 0 heterocycles. The Hall–Kier alpha value is 0.320. The number of rotatable bonds is 3. The molecular formula is C3H3Cl3O4S. The van der Waals surface area contributed by atoms with Gasteiger partial charge in [-0.15, -0.1) is 11.6 Å². The van der Waals surface area contributed by atoms with Crippen molar-refractivity contribution in [3.05, 3.63) is 10.3 Å². The molecule has 0 radical (unpaired) electrons. The summed E-state index contributed by atoms with van der Waals surface area (Å²) in [6.07, 6.45) is 0. The van der Waals surface area contributed by atoms with Gasteiger partial charge in [0.05, 0.1) is 10.9 Å². The van der Waals surface area contributed by atoms with E-state index in [0.29, 0.717) is 0 Å². The summed E-state index contributed by atoms with van der Waals surface area (Å²) in [4.78, 5) is 0. The van der Waals surface area contributed by atoms with E-state index < -0.39 is 15.6 Å². The van der Waals surface area contributed by atoms with Crippen LogP contribution < -0.4 is 0 Å². The van der Waals surface area contributed by atoms with Crippen LogP contribution >= 0.6 is 34.8 Å². The van der Waals surface area contributed by atoms with Crippen LogP contribution in [0.15, 0.2) is 10.3 Å². The van der Waals surface area contributed by atoms with Crippen molar-refractivity contribution in [1.82, 2.24) is 0 Å². The lowest BCUT2D eigenvalue weighted by molar-refractivity contribution is 0.347. The van der Waals surface area contributed by atoms with Gasteiger partial charge in [0, 0.05) is 0 Å². The summed E-state index contributed by atoms with van der Waals surface area (Å²) in [6.45, 7) is 0. The maximum atomic E-state index is 9.98. The molecule has 0 aliphatic carbocycles. The minimum atomic E-state index is -4.61. The van der Waals surface area contributed by atoms with E-state index in [2.05, 4.69) is 4.18 Å². The van der Waals surface area contributed by atoms with Gasteiger partial charge in [-0.05, 0) is 11.6 Å². The summed E-state index contributed by atoms with van der Waals surface area (Å²) in [5, 5.41) is -0.866. The molecule has 8 heteroatoms. The molecule has 0 saturated heterocycles. The minimum absolute atomic E-state index is 0.199. The second kappa shape index (κ2) is 4.37. The predicted molar refractivity (Wildman–Crippen MR) is 42.1 cm³/mol. The first kappa shape index (κ1) is 11.3. The van der Waals surface area contributed by atoms with E-state index in [-0.39, 0.29) is 10.9 Å². The Labute approximate surface area is 78.6 Å². The van der Waals surface area contributed by atoms with Crippen LogP contribution in [0.4, 0.5) is 0 Å². The molecule has 0 spiro atoms. The standard InChI is InChI=1S/C3H3Cl3O4S/c4-1-2(5)3(6)10-11(7,8)9/h1H2,(H,7,8,9)/b3-2-. The fraction of sp³-hybridized carbons (Fsp3) is 0.333. The molecule has 11 heavy (non-hydrogen) atoms. The lowest BCUT2D eigenvalue weighted by Crippen LogP contribution is -2.01. The van der Waals surface area contributed by atoms with Crippen LogP contribution in [0.5, 0.6) is 0 Å².